The maximum atomic E-state index is 9.77. The summed E-state index contributed by atoms with van der Waals surface area (Å²) in [6.07, 6.45) is -2.01. The van der Waals surface area contributed by atoms with Gasteiger partial charge in [0, 0.05) is 40.9 Å². The highest BCUT2D eigenvalue weighted by molar-refractivity contribution is 7.99. The highest BCUT2D eigenvalue weighted by Crippen LogP contribution is 2.48. The molecular formula is C46H58ClN3O10S. The van der Waals surface area contributed by atoms with E-state index in [-0.39, 0.29) is 12.4 Å². The number of hydrogen-bond donors (Lipinski definition) is 4. The standard InChI is InChI=1S/C24H29NO4.C18H22N2S.C4H6O6.ClH/c1-5-26-21-10-9-17(14-22(21)27-6-2)13-20-19-16-24(29-8-4)23(28-7-3)15-18(19)11-12-25-20;1-14(12-19(2)3)13-20-15-8-4-6-10-17(15)21-18-11-7-5-9-16(18)20;5-1(3(7)8)2(6)4(9)10;/h9-12,14-16H,5-8,13H2,1-4H3;4-11,14H,12-13H2,1-3H3;1-2,5-6H,(H,7,8)(H,9,10);1H. The molecule has 2 heterocycles. The minimum absolute atomic E-state index is 0. The predicted octanol–water partition coefficient (Wildman–Crippen LogP) is 8.21. The van der Waals surface area contributed by atoms with E-state index in [1.165, 1.54) is 21.2 Å². The molecule has 0 saturated heterocycles. The Balaban J connectivity index is 0.000000271. The zero-order valence-corrected chi connectivity index (χ0v) is 37.4. The monoisotopic (exact) mass is 879 g/mol. The van der Waals surface area contributed by atoms with Crippen LogP contribution in [0.4, 0.5) is 11.4 Å². The Kier molecular flexibility index (Phi) is 20.4. The first-order valence-electron chi connectivity index (χ1n) is 20.0. The summed E-state index contributed by atoms with van der Waals surface area (Å²) in [6.45, 7) is 14.7. The molecule has 0 aliphatic carbocycles. The van der Waals surface area contributed by atoms with Gasteiger partial charge in [0.2, 0.25) is 0 Å². The molecule has 0 spiro atoms. The van der Waals surface area contributed by atoms with Crippen molar-refractivity contribution >= 4 is 58.3 Å². The van der Waals surface area contributed by atoms with E-state index in [4.69, 9.17) is 39.4 Å². The summed E-state index contributed by atoms with van der Waals surface area (Å²) in [4.78, 5) is 31.6. The van der Waals surface area contributed by atoms with E-state index in [1.807, 2.05) is 76.0 Å². The largest absolute Gasteiger partial charge is 0.490 e. The smallest absolute Gasteiger partial charge is 0.335 e. The third-order valence-electron chi connectivity index (χ3n) is 9.00. The molecule has 13 nitrogen and oxygen atoms in total. The average Bonchev–Trinajstić information content (AvgIpc) is 3.22. The number of carboxylic acid groups (broad SMARTS) is 2. The van der Waals surface area contributed by atoms with Crippen molar-refractivity contribution in [3.05, 3.63) is 102 Å². The number of aliphatic hydroxyl groups excluding tert-OH is 2. The summed E-state index contributed by atoms with van der Waals surface area (Å²) in [5.74, 6) is 0.121. The lowest BCUT2D eigenvalue weighted by Crippen LogP contribution is -2.39. The van der Waals surface area contributed by atoms with Crippen molar-refractivity contribution in [3.8, 4) is 23.0 Å². The first-order valence-corrected chi connectivity index (χ1v) is 20.8. The number of fused-ring (bicyclic) bond motifs is 3. The lowest BCUT2D eigenvalue weighted by Gasteiger charge is -2.35. The Hall–Kier alpha value is -5.25. The van der Waals surface area contributed by atoms with E-state index < -0.39 is 24.1 Å². The van der Waals surface area contributed by atoms with E-state index in [2.05, 4.69) is 90.4 Å². The molecule has 61 heavy (non-hydrogen) atoms. The molecule has 0 bridgehead atoms. The highest BCUT2D eigenvalue weighted by Gasteiger charge is 2.29. The molecule has 1 aliphatic heterocycles. The summed E-state index contributed by atoms with van der Waals surface area (Å²) in [7, 11) is 4.29. The Morgan fingerprint density at radius 2 is 1.20 bits per heavy atom. The van der Waals surface area contributed by atoms with Crippen LogP contribution in [-0.2, 0) is 16.0 Å². The molecule has 0 saturated carbocycles. The van der Waals surface area contributed by atoms with Crippen LogP contribution in [-0.4, -0.2) is 108 Å². The second-order valence-corrected chi connectivity index (χ2v) is 15.1. The van der Waals surface area contributed by atoms with Crippen molar-refractivity contribution in [1.82, 2.24) is 9.88 Å². The molecule has 0 amide bonds. The van der Waals surface area contributed by atoms with Crippen LogP contribution in [0.2, 0.25) is 0 Å². The van der Waals surface area contributed by atoms with Gasteiger partial charge in [0.1, 0.15) is 0 Å². The molecule has 4 N–H and O–H groups in total. The van der Waals surface area contributed by atoms with Gasteiger partial charge in [0.25, 0.3) is 0 Å². The Morgan fingerprint density at radius 3 is 1.70 bits per heavy atom. The number of aromatic nitrogens is 1. The fraction of sp³-hybridized carbons (Fsp3) is 0.370. The van der Waals surface area contributed by atoms with Crippen molar-refractivity contribution in [3.63, 3.8) is 0 Å². The molecule has 5 aromatic rings. The van der Waals surface area contributed by atoms with Crippen molar-refractivity contribution in [1.29, 1.82) is 0 Å². The molecule has 1 aromatic heterocycles. The van der Waals surface area contributed by atoms with Crippen LogP contribution in [0.25, 0.3) is 10.8 Å². The summed E-state index contributed by atoms with van der Waals surface area (Å²) in [5, 5.41) is 34.7. The molecule has 3 atom stereocenters. The SMILES string of the molecule is CC(CN(C)C)CN1c2ccccc2Sc2ccccc21.CCOc1ccc(Cc2nccc3cc(OCC)c(OCC)cc23)cc1OCC.Cl.O=C(O)C(O)C(O)C(=O)O. The summed E-state index contributed by atoms with van der Waals surface area (Å²) < 4.78 is 23.0. The van der Waals surface area contributed by atoms with Crippen molar-refractivity contribution < 1.29 is 49.0 Å². The number of hydrogen-bond acceptors (Lipinski definition) is 12. The number of nitrogens with zero attached hydrogens (tertiary/aromatic N) is 3. The molecular weight excluding hydrogens is 822 g/mol. The number of rotatable bonds is 17. The van der Waals surface area contributed by atoms with Gasteiger partial charge in [-0.05, 0) is 113 Å². The third-order valence-corrected chi connectivity index (χ3v) is 10.1. The maximum absolute atomic E-state index is 9.77. The van der Waals surface area contributed by atoms with E-state index in [0.29, 0.717) is 38.8 Å². The average molecular weight is 881 g/mol. The number of ether oxygens (including phenoxy) is 4. The first kappa shape index (κ1) is 50.1. The Labute approximate surface area is 368 Å². The van der Waals surface area contributed by atoms with Crippen LogP contribution < -0.4 is 23.8 Å². The lowest BCUT2D eigenvalue weighted by atomic mass is 10.0. The van der Waals surface area contributed by atoms with Gasteiger partial charge in [0.05, 0.1) is 43.5 Å². The molecule has 0 fully saturated rings. The number of halogens is 1. The zero-order chi connectivity index (χ0) is 43.8. The van der Waals surface area contributed by atoms with Crippen LogP contribution in [0.1, 0.15) is 45.9 Å². The van der Waals surface area contributed by atoms with E-state index in [0.717, 1.165) is 58.1 Å². The van der Waals surface area contributed by atoms with Crippen LogP contribution in [0.3, 0.4) is 0 Å². The summed E-state index contributed by atoms with van der Waals surface area (Å²) in [6, 6.07) is 29.6. The number of pyridine rings is 1. The van der Waals surface area contributed by atoms with Crippen molar-refractivity contribution in [2.75, 3.05) is 58.5 Å². The Morgan fingerprint density at radius 1 is 0.705 bits per heavy atom. The second-order valence-electron chi connectivity index (χ2n) is 14.0. The van der Waals surface area contributed by atoms with Crippen LogP contribution in [0, 0.1) is 5.92 Å². The fourth-order valence-electron chi connectivity index (χ4n) is 6.56. The van der Waals surface area contributed by atoms with Gasteiger partial charge in [0.15, 0.2) is 35.2 Å². The van der Waals surface area contributed by atoms with Gasteiger partial charge in [-0.3, -0.25) is 4.98 Å². The number of carboxylic acids is 2. The molecule has 0 radical (unpaired) electrons. The quantitative estimate of drug-likeness (QED) is 0.0705. The van der Waals surface area contributed by atoms with Crippen LogP contribution in [0.15, 0.2) is 101 Å². The van der Waals surface area contributed by atoms with E-state index >= 15 is 0 Å². The maximum Gasteiger partial charge on any atom is 0.335 e. The van der Waals surface area contributed by atoms with Crippen LogP contribution >= 0.6 is 24.2 Å². The van der Waals surface area contributed by atoms with Gasteiger partial charge < -0.3 is 49.2 Å². The zero-order valence-electron chi connectivity index (χ0n) is 35.7. The first-order chi connectivity index (χ1) is 28.8. The van der Waals surface area contributed by atoms with E-state index in [1.54, 1.807) is 0 Å². The minimum atomic E-state index is -2.27. The van der Waals surface area contributed by atoms with Crippen molar-refractivity contribution in [2.45, 2.75) is 63.0 Å². The number of para-hydroxylation sites is 2. The number of carbonyl (C=O) groups is 2. The molecule has 330 valence electrons. The summed E-state index contributed by atoms with van der Waals surface area (Å²) >= 11 is 1.88. The van der Waals surface area contributed by atoms with Gasteiger partial charge in [-0.2, -0.15) is 0 Å². The number of aliphatic carboxylic acids is 2. The molecule has 15 heteroatoms. The molecule has 6 rings (SSSR count). The number of anilines is 2. The van der Waals surface area contributed by atoms with Gasteiger partial charge >= 0.3 is 11.9 Å². The molecule has 4 aromatic carbocycles. The topological polar surface area (TPSA) is 171 Å². The van der Waals surface area contributed by atoms with Crippen LogP contribution in [0.5, 0.6) is 23.0 Å². The normalized spacial score (nSPS) is 12.8. The number of benzene rings is 4. The fourth-order valence-corrected chi connectivity index (χ4v) is 7.65. The van der Waals surface area contributed by atoms with Gasteiger partial charge in [-0.25, -0.2) is 9.59 Å². The predicted molar refractivity (Wildman–Crippen MR) is 242 cm³/mol. The van der Waals surface area contributed by atoms with Crippen molar-refractivity contribution in [2.24, 2.45) is 5.92 Å². The summed E-state index contributed by atoms with van der Waals surface area (Å²) in [5.41, 5.74) is 4.78. The highest BCUT2D eigenvalue weighted by atomic mass is 35.5. The molecule has 3 unspecified atom stereocenters. The lowest BCUT2D eigenvalue weighted by molar-refractivity contribution is -0.165. The minimum Gasteiger partial charge on any atom is -0.490 e. The third kappa shape index (κ3) is 14.2. The van der Waals surface area contributed by atoms with Gasteiger partial charge in [-0.15, -0.1) is 12.4 Å². The molecule has 1 aliphatic rings. The van der Waals surface area contributed by atoms with Gasteiger partial charge in [-0.1, -0.05) is 49.0 Å². The number of aliphatic hydroxyl groups is 2. The van der Waals surface area contributed by atoms with E-state index in [9.17, 15) is 9.59 Å². The Bertz CT molecular complexity index is 2110. The second kappa shape index (κ2) is 24.9.